The van der Waals surface area contributed by atoms with Gasteiger partial charge in [-0.1, -0.05) is 0 Å². The summed E-state index contributed by atoms with van der Waals surface area (Å²) < 4.78 is 3.56. The molecular formula is C9H14N2O. The van der Waals surface area contributed by atoms with Gasteiger partial charge in [-0.2, -0.15) is 0 Å². The molecule has 1 heterocycles. The van der Waals surface area contributed by atoms with Crippen molar-refractivity contribution in [1.29, 1.82) is 0 Å². The first-order valence-electron chi connectivity index (χ1n) is 4.57. The smallest absolute Gasteiger partial charge is 0.300 e. The van der Waals surface area contributed by atoms with Crippen LogP contribution in [-0.4, -0.2) is 9.13 Å². The van der Waals surface area contributed by atoms with E-state index < -0.39 is 0 Å². The van der Waals surface area contributed by atoms with Gasteiger partial charge in [0, 0.05) is 25.5 Å². The van der Waals surface area contributed by atoms with Gasteiger partial charge in [0.05, 0.1) is 0 Å². The fourth-order valence-electron chi connectivity index (χ4n) is 1.41. The Morgan fingerprint density at radius 3 is 2.58 bits per heavy atom. The largest absolute Gasteiger partial charge is 0.328 e. The molecule has 0 aromatic carbocycles. The van der Waals surface area contributed by atoms with E-state index in [1.165, 1.54) is 12.8 Å². The molecule has 0 amide bonds. The monoisotopic (exact) mass is 166 g/mol. The third-order valence-electron chi connectivity index (χ3n) is 2.41. The molecule has 1 saturated carbocycles. The molecule has 1 fully saturated rings. The van der Waals surface area contributed by atoms with Gasteiger partial charge >= 0.3 is 5.69 Å². The van der Waals surface area contributed by atoms with Gasteiger partial charge in [0.1, 0.15) is 0 Å². The lowest BCUT2D eigenvalue weighted by Crippen LogP contribution is -2.23. The van der Waals surface area contributed by atoms with Crippen LogP contribution in [0.1, 0.15) is 19.8 Å². The predicted octanol–water partition coefficient (Wildman–Crippen LogP) is 1.08. The van der Waals surface area contributed by atoms with Gasteiger partial charge in [-0.15, -0.1) is 0 Å². The summed E-state index contributed by atoms with van der Waals surface area (Å²) in [7, 11) is 0. The number of nitrogens with zero attached hydrogens (tertiary/aromatic N) is 2. The van der Waals surface area contributed by atoms with Crippen molar-refractivity contribution in [2.24, 2.45) is 5.92 Å². The Morgan fingerprint density at radius 1 is 1.42 bits per heavy atom. The predicted molar refractivity (Wildman–Crippen MR) is 47.1 cm³/mol. The van der Waals surface area contributed by atoms with Crippen LogP contribution in [0, 0.1) is 5.92 Å². The summed E-state index contributed by atoms with van der Waals surface area (Å²) in [5, 5.41) is 0. The molecule has 2 rings (SSSR count). The SMILES string of the molecule is CCn1ccn(CC2CC2)c1=O. The van der Waals surface area contributed by atoms with Gasteiger partial charge in [0.15, 0.2) is 0 Å². The first kappa shape index (κ1) is 7.65. The number of hydrogen-bond acceptors (Lipinski definition) is 1. The molecule has 0 saturated heterocycles. The average Bonchev–Trinajstić information content (AvgIpc) is 2.80. The van der Waals surface area contributed by atoms with Crippen LogP contribution < -0.4 is 5.69 Å². The molecule has 0 aliphatic heterocycles. The molecule has 0 atom stereocenters. The fourth-order valence-corrected chi connectivity index (χ4v) is 1.41. The summed E-state index contributed by atoms with van der Waals surface area (Å²) in [5.41, 5.74) is 0.143. The molecule has 0 radical (unpaired) electrons. The van der Waals surface area contributed by atoms with Crippen LogP contribution in [-0.2, 0) is 13.1 Å². The van der Waals surface area contributed by atoms with Crippen LogP contribution in [0.4, 0.5) is 0 Å². The molecule has 1 aromatic heterocycles. The lowest BCUT2D eigenvalue weighted by molar-refractivity contribution is 0.583. The highest BCUT2D eigenvalue weighted by molar-refractivity contribution is 4.84. The van der Waals surface area contributed by atoms with E-state index in [2.05, 4.69) is 0 Å². The highest BCUT2D eigenvalue weighted by Crippen LogP contribution is 2.29. The second-order valence-electron chi connectivity index (χ2n) is 3.46. The molecule has 0 spiro atoms. The Balaban J connectivity index is 2.19. The molecule has 12 heavy (non-hydrogen) atoms. The van der Waals surface area contributed by atoms with Gasteiger partial charge in [0.2, 0.25) is 0 Å². The highest BCUT2D eigenvalue weighted by atomic mass is 16.1. The summed E-state index contributed by atoms with van der Waals surface area (Å²) in [6.45, 7) is 3.69. The van der Waals surface area contributed by atoms with Crippen molar-refractivity contribution < 1.29 is 0 Å². The van der Waals surface area contributed by atoms with E-state index in [0.29, 0.717) is 0 Å². The molecule has 3 nitrogen and oxygen atoms in total. The minimum atomic E-state index is 0.143. The Kier molecular flexibility index (Phi) is 1.79. The van der Waals surface area contributed by atoms with Crippen LogP contribution in [0.5, 0.6) is 0 Å². The number of aromatic nitrogens is 2. The Bertz CT molecular complexity index is 320. The standard InChI is InChI=1S/C9H14N2O/c1-2-10-5-6-11(9(10)12)7-8-3-4-8/h5-6,8H,2-4,7H2,1H3. The number of imidazole rings is 1. The fraction of sp³-hybridized carbons (Fsp3) is 0.667. The van der Waals surface area contributed by atoms with E-state index in [1.807, 2.05) is 23.9 Å². The minimum Gasteiger partial charge on any atom is -0.300 e. The van der Waals surface area contributed by atoms with Crippen molar-refractivity contribution in [3.63, 3.8) is 0 Å². The van der Waals surface area contributed by atoms with E-state index >= 15 is 0 Å². The van der Waals surface area contributed by atoms with Gasteiger partial charge in [-0.25, -0.2) is 4.79 Å². The zero-order chi connectivity index (χ0) is 8.55. The third-order valence-corrected chi connectivity index (χ3v) is 2.41. The van der Waals surface area contributed by atoms with Gasteiger partial charge < -0.3 is 0 Å². The maximum Gasteiger partial charge on any atom is 0.328 e. The molecule has 1 aliphatic carbocycles. The molecule has 66 valence electrons. The lowest BCUT2D eigenvalue weighted by Gasteiger charge is -1.97. The summed E-state index contributed by atoms with van der Waals surface area (Å²) in [6, 6.07) is 0. The quantitative estimate of drug-likeness (QED) is 0.660. The maximum atomic E-state index is 11.5. The molecule has 3 heteroatoms. The zero-order valence-electron chi connectivity index (χ0n) is 7.36. The van der Waals surface area contributed by atoms with Crippen molar-refractivity contribution in [1.82, 2.24) is 9.13 Å². The molecule has 0 bridgehead atoms. The summed E-state index contributed by atoms with van der Waals surface area (Å²) in [6.07, 6.45) is 6.35. The van der Waals surface area contributed by atoms with E-state index in [4.69, 9.17) is 0 Å². The first-order chi connectivity index (χ1) is 5.81. The number of hydrogen-bond donors (Lipinski definition) is 0. The molecular weight excluding hydrogens is 152 g/mol. The summed E-state index contributed by atoms with van der Waals surface area (Å²) in [5.74, 6) is 0.774. The van der Waals surface area contributed by atoms with Gasteiger partial charge in [0.25, 0.3) is 0 Å². The second kappa shape index (κ2) is 2.81. The van der Waals surface area contributed by atoms with Gasteiger partial charge in [-0.3, -0.25) is 9.13 Å². The van der Waals surface area contributed by atoms with Crippen molar-refractivity contribution in [2.75, 3.05) is 0 Å². The van der Waals surface area contributed by atoms with E-state index in [9.17, 15) is 4.79 Å². The van der Waals surface area contributed by atoms with Crippen LogP contribution in [0.25, 0.3) is 0 Å². The van der Waals surface area contributed by atoms with Crippen LogP contribution in [0.3, 0.4) is 0 Å². The lowest BCUT2D eigenvalue weighted by atomic mass is 10.4. The van der Waals surface area contributed by atoms with Crippen LogP contribution in [0.2, 0.25) is 0 Å². The van der Waals surface area contributed by atoms with Crippen molar-refractivity contribution in [3.8, 4) is 0 Å². The van der Waals surface area contributed by atoms with E-state index in [1.54, 1.807) is 4.57 Å². The summed E-state index contributed by atoms with van der Waals surface area (Å²) >= 11 is 0. The molecule has 0 N–H and O–H groups in total. The summed E-state index contributed by atoms with van der Waals surface area (Å²) in [4.78, 5) is 11.5. The van der Waals surface area contributed by atoms with Crippen molar-refractivity contribution in [3.05, 3.63) is 22.9 Å². The highest BCUT2D eigenvalue weighted by Gasteiger charge is 2.22. The third kappa shape index (κ3) is 1.31. The molecule has 0 unspecified atom stereocenters. The normalized spacial score (nSPS) is 16.8. The minimum absolute atomic E-state index is 0.143. The van der Waals surface area contributed by atoms with E-state index in [0.717, 1.165) is 19.0 Å². The number of rotatable bonds is 3. The average molecular weight is 166 g/mol. The topological polar surface area (TPSA) is 26.9 Å². The first-order valence-corrected chi connectivity index (χ1v) is 4.57. The van der Waals surface area contributed by atoms with E-state index in [-0.39, 0.29) is 5.69 Å². The van der Waals surface area contributed by atoms with Crippen molar-refractivity contribution >= 4 is 0 Å². The zero-order valence-corrected chi connectivity index (χ0v) is 7.36. The second-order valence-corrected chi connectivity index (χ2v) is 3.46. The Hall–Kier alpha value is -0.990. The maximum absolute atomic E-state index is 11.5. The Morgan fingerprint density at radius 2 is 2.08 bits per heavy atom. The number of aryl methyl sites for hydroxylation is 1. The Labute approximate surface area is 71.6 Å². The van der Waals surface area contributed by atoms with Crippen LogP contribution >= 0.6 is 0 Å². The van der Waals surface area contributed by atoms with Gasteiger partial charge in [-0.05, 0) is 25.7 Å². The molecule has 1 aromatic rings. The molecule has 1 aliphatic rings. The van der Waals surface area contributed by atoms with Crippen molar-refractivity contribution in [2.45, 2.75) is 32.9 Å². The van der Waals surface area contributed by atoms with Crippen LogP contribution in [0.15, 0.2) is 17.2 Å².